The van der Waals surface area contributed by atoms with Gasteiger partial charge in [0.25, 0.3) is 0 Å². The third kappa shape index (κ3) is 9.83. The fourth-order valence-electron chi connectivity index (χ4n) is 6.43. The van der Waals surface area contributed by atoms with Gasteiger partial charge in [-0.1, -0.05) is 0 Å². The number of aromatic carboxylic acids is 14. The molecule has 71 heavy (non-hydrogen) atoms. The Labute approximate surface area is 403 Å². The number of carboxylic acids is 14. The monoisotopic (exact) mass is 1010 g/mol. The van der Waals surface area contributed by atoms with Gasteiger partial charge in [0.2, 0.25) is 0 Å². The van der Waals surface area contributed by atoms with E-state index in [1.807, 2.05) is 0 Å². The van der Waals surface area contributed by atoms with Crippen LogP contribution in [0.1, 0.15) is 186 Å². The van der Waals surface area contributed by atoms with E-state index < -0.39 is 208 Å². The zero-order valence-corrected chi connectivity index (χ0v) is 32.4. The van der Waals surface area contributed by atoms with Gasteiger partial charge in [0.1, 0.15) is 0 Å². The molecule has 0 aromatic heterocycles. The molecule has 3 aromatic carbocycles. The number of carbonyl (C=O) groups excluding carboxylic acids is 4. The van der Waals surface area contributed by atoms with Crippen LogP contribution in [0.15, 0.2) is 0 Å². The van der Waals surface area contributed by atoms with Gasteiger partial charge in [0, 0.05) is 0 Å². The zero-order valence-electron chi connectivity index (χ0n) is 32.4. The van der Waals surface area contributed by atoms with Crippen LogP contribution in [-0.2, 0) is 9.47 Å². The molecule has 364 valence electrons. The molecule has 0 aliphatic rings. The van der Waals surface area contributed by atoms with Gasteiger partial charge in [-0.3, -0.25) is 0 Å². The predicted molar refractivity (Wildman–Crippen MR) is 203 cm³/mol. The summed E-state index contributed by atoms with van der Waals surface area (Å²) in [6, 6.07) is 0. The number of ether oxygens (including phenoxy) is 2. The fraction of sp³-hybridized carbons (Fsp3) is 0. The summed E-state index contributed by atoms with van der Waals surface area (Å²) < 4.78 is 8.33. The Morgan fingerprint density at radius 2 is 0.239 bits per heavy atom. The van der Waals surface area contributed by atoms with Crippen molar-refractivity contribution in [2.24, 2.45) is 0 Å². The minimum absolute atomic E-state index is 0. The Bertz CT molecular complexity index is 2880. The van der Waals surface area contributed by atoms with E-state index >= 15 is 0 Å². The van der Waals surface area contributed by atoms with E-state index in [0.29, 0.717) is 0 Å². The van der Waals surface area contributed by atoms with Crippen molar-refractivity contribution >= 4 is 137 Å². The van der Waals surface area contributed by atoms with Crippen LogP contribution in [0.3, 0.4) is 0 Å². The maximum atomic E-state index is 14.0. The van der Waals surface area contributed by atoms with Crippen molar-refractivity contribution in [2.75, 3.05) is 0 Å². The number of carbonyl (C=O) groups is 18. The molecule has 3 aromatic rings. The van der Waals surface area contributed by atoms with Gasteiger partial charge < -0.3 is 81.0 Å². The first kappa shape index (κ1) is 56.6. The van der Waals surface area contributed by atoms with E-state index in [2.05, 4.69) is 9.47 Å². The van der Waals surface area contributed by atoms with Gasteiger partial charge in [-0.05, 0) is 0 Å². The van der Waals surface area contributed by atoms with Crippen LogP contribution in [0.2, 0.25) is 0 Å². The summed E-state index contributed by atoms with van der Waals surface area (Å²) in [4.78, 5) is 228. The molecule has 0 saturated carbocycles. The molecule has 0 heterocycles. The molecule has 0 aliphatic carbocycles. The zero-order chi connectivity index (χ0) is 54.2. The molecule has 0 bridgehead atoms. The maximum absolute atomic E-state index is 14.0. The van der Waals surface area contributed by atoms with Crippen molar-refractivity contribution in [1.29, 1.82) is 0 Å². The van der Waals surface area contributed by atoms with Crippen LogP contribution in [0.5, 0.6) is 0 Å². The minimum atomic E-state index is -3.21. The normalized spacial score (nSPS) is 10.3. The molecular formula is C36H15NaO34. The van der Waals surface area contributed by atoms with Gasteiger partial charge in [-0.2, -0.15) is 0 Å². The van der Waals surface area contributed by atoms with Gasteiger partial charge in [-0.25, -0.2) is 86.3 Å². The quantitative estimate of drug-likeness (QED) is 0.0404. The molecule has 0 radical (unpaired) electrons. The summed E-state index contributed by atoms with van der Waals surface area (Å²) in [5.74, 6) is -52.9. The Balaban J connectivity index is 0.0000173. The summed E-state index contributed by atoms with van der Waals surface area (Å²) in [6.45, 7) is 0. The first-order valence-corrected chi connectivity index (χ1v) is 16.6. The van der Waals surface area contributed by atoms with E-state index in [1.54, 1.807) is 0 Å². The molecule has 0 unspecified atom stereocenters. The molecule has 3 rings (SSSR count). The van der Waals surface area contributed by atoms with Crippen LogP contribution in [0.4, 0.5) is 0 Å². The van der Waals surface area contributed by atoms with E-state index in [0.717, 1.165) is 0 Å². The first-order valence-electron chi connectivity index (χ1n) is 16.6. The number of benzene rings is 3. The third-order valence-electron chi connectivity index (χ3n) is 8.68. The Morgan fingerprint density at radius 3 is 0.324 bits per heavy atom. The number of hydrogen-bond donors (Lipinski definition) is 14. The molecular weight excluding hydrogens is 999 g/mol. The molecule has 0 saturated heterocycles. The molecule has 34 nitrogen and oxygen atoms in total. The van der Waals surface area contributed by atoms with Crippen molar-refractivity contribution in [1.82, 2.24) is 0 Å². The summed E-state index contributed by atoms with van der Waals surface area (Å²) in [5, 5.41) is 137. The van der Waals surface area contributed by atoms with Crippen molar-refractivity contribution in [3.05, 3.63) is 100 Å². The first-order chi connectivity index (χ1) is 32.1. The van der Waals surface area contributed by atoms with Crippen LogP contribution in [-0.4, -0.2) is 208 Å². The van der Waals surface area contributed by atoms with Crippen LogP contribution in [0, 0.1) is 0 Å². The molecule has 35 heteroatoms. The molecule has 0 aliphatic heterocycles. The summed E-state index contributed by atoms with van der Waals surface area (Å²) in [7, 11) is 0. The van der Waals surface area contributed by atoms with Crippen LogP contribution < -0.4 is 0 Å². The topological polar surface area (TPSA) is 609 Å². The summed E-state index contributed by atoms with van der Waals surface area (Å²) in [6.07, 6.45) is 0. The Hall–Kier alpha value is -10.5. The van der Waals surface area contributed by atoms with E-state index in [4.69, 9.17) is 0 Å². The van der Waals surface area contributed by atoms with E-state index in [9.17, 15) is 158 Å². The molecule has 0 spiro atoms. The van der Waals surface area contributed by atoms with Crippen LogP contribution in [0.25, 0.3) is 0 Å². The predicted octanol–water partition coefficient (Wildman–Crippen LogP) is -1.19. The molecule has 0 atom stereocenters. The average molecular weight is 1010 g/mol. The molecule has 0 amide bonds. The van der Waals surface area contributed by atoms with Crippen molar-refractivity contribution in [2.45, 2.75) is 0 Å². The summed E-state index contributed by atoms with van der Waals surface area (Å²) in [5.41, 5.74) is -43.7. The number of hydrogen-bond acceptors (Lipinski definition) is 20. The van der Waals surface area contributed by atoms with Gasteiger partial charge in [0.15, 0.2) is 0 Å². The Kier molecular flexibility index (Phi) is 16.4. The van der Waals surface area contributed by atoms with Crippen molar-refractivity contribution in [3.63, 3.8) is 0 Å². The molecule has 14 N–H and O–H groups in total. The van der Waals surface area contributed by atoms with Gasteiger partial charge in [0.05, 0.1) is 100 Å². The van der Waals surface area contributed by atoms with E-state index in [1.165, 1.54) is 0 Å². The van der Waals surface area contributed by atoms with Crippen molar-refractivity contribution in [3.8, 4) is 0 Å². The standard InChI is InChI=1S/C36H14O34.Na.H/c37-19(38)1-3(21(41)42)9(27(53)54)15(10(28(55)56)4(1)22(43)44)33(65)69-35(67)17-13(31(61)62)7(25(49)50)8(26(51)52)14(32(63)64)18(17)36(68)70-34(66)16-11(29(57)58)5(23(45)46)2(20(39)40)6(24(47)48)12(16)30(59)60;;/h(H,37,38)(H,39,40)(H,41,42)(H,43,44)(H,45,46)(H,47,48)(H,49,50)(H,51,52)(H,53,54)(H,55,56)(H,57,58)(H,59,60)(H,61,62)(H,63,64);;. The third-order valence-corrected chi connectivity index (χ3v) is 8.68. The fourth-order valence-corrected chi connectivity index (χ4v) is 6.43. The second-order valence-corrected chi connectivity index (χ2v) is 12.4. The second-order valence-electron chi connectivity index (χ2n) is 12.4. The van der Waals surface area contributed by atoms with Gasteiger partial charge >= 0.3 is 137 Å². The Morgan fingerprint density at radius 1 is 0.169 bits per heavy atom. The summed E-state index contributed by atoms with van der Waals surface area (Å²) >= 11 is 0. The second kappa shape index (κ2) is 20.6. The van der Waals surface area contributed by atoms with Crippen molar-refractivity contribution < 1.29 is 167 Å². The van der Waals surface area contributed by atoms with Gasteiger partial charge in [-0.15, -0.1) is 0 Å². The number of rotatable bonds is 18. The van der Waals surface area contributed by atoms with E-state index in [-0.39, 0.29) is 29.6 Å². The number of carboxylic acid groups (broad SMARTS) is 14. The average Bonchev–Trinajstić information content (AvgIpc) is 3.21. The molecule has 0 fully saturated rings. The SMILES string of the molecule is O=C(O)c1c(C(=O)O)c(C(=O)O)c(C(=O)OC(=O)c2c(C(=O)O)c(C(=O)O)c(C(=O)O)c(C(=O)O)c2C(=O)OC(=O)c2c(C(=O)O)c(C(=O)O)c(C(=O)O)c(C(=O)O)c2C(=O)O)c(C(=O)O)c1C(=O)O.[NaH]. The van der Waals surface area contributed by atoms with Crippen LogP contribution >= 0.6 is 0 Å². The number of esters is 4.